The number of hydrogen-bond donors (Lipinski definition) is 0. The van der Waals surface area contributed by atoms with Gasteiger partial charge in [-0.1, -0.05) is 26.0 Å². The van der Waals surface area contributed by atoms with Crippen molar-refractivity contribution in [2.24, 2.45) is 5.92 Å². The third-order valence-corrected chi connectivity index (χ3v) is 2.55. The van der Waals surface area contributed by atoms with Crippen molar-refractivity contribution in [3.63, 3.8) is 0 Å². The normalized spacial score (nSPS) is 11.7. The van der Waals surface area contributed by atoms with E-state index in [4.69, 9.17) is 0 Å². The lowest BCUT2D eigenvalue weighted by molar-refractivity contribution is -0.105. The third-order valence-electron chi connectivity index (χ3n) is 2.55. The van der Waals surface area contributed by atoms with E-state index in [-0.39, 0.29) is 5.92 Å². The molecule has 0 atom stereocenters. The van der Waals surface area contributed by atoms with Crippen molar-refractivity contribution in [1.82, 2.24) is 0 Å². The van der Waals surface area contributed by atoms with Crippen LogP contribution in [0.15, 0.2) is 29.8 Å². The Morgan fingerprint density at radius 2 is 1.75 bits per heavy atom. The fourth-order valence-electron chi connectivity index (χ4n) is 1.40. The Hall–Kier alpha value is -1.57. The van der Waals surface area contributed by atoms with Gasteiger partial charge in [-0.25, -0.2) is 0 Å². The molecule has 1 aromatic rings. The Balaban J connectivity index is 2.94. The lowest BCUT2D eigenvalue weighted by Gasteiger charge is -2.12. The second-order valence-corrected chi connectivity index (χ2v) is 4.40. The molecule has 0 bridgehead atoms. The van der Waals surface area contributed by atoms with Gasteiger partial charge in [0.1, 0.15) is 6.29 Å². The summed E-state index contributed by atoms with van der Waals surface area (Å²) in [5.41, 5.74) is 3.06. The Morgan fingerprint density at radius 1 is 1.19 bits per heavy atom. The Bertz CT molecular complexity index is 374. The second kappa shape index (κ2) is 5.50. The van der Waals surface area contributed by atoms with Crippen LogP contribution in [0.3, 0.4) is 0 Å². The largest absolute Gasteiger partial charge is 0.378 e. The average Bonchev–Trinajstić information content (AvgIpc) is 2.26. The first-order valence-corrected chi connectivity index (χ1v) is 5.48. The Kier molecular flexibility index (Phi) is 4.29. The average molecular weight is 217 g/mol. The van der Waals surface area contributed by atoms with Gasteiger partial charge in [0.05, 0.1) is 0 Å². The van der Waals surface area contributed by atoms with Crippen LogP contribution in [0.5, 0.6) is 0 Å². The molecule has 86 valence electrons. The van der Waals surface area contributed by atoms with Gasteiger partial charge < -0.3 is 4.90 Å². The summed E-state index contributed by atoms with van der Waals surface area (Å²) in [6.45, 7) is 4.04. The maximum absolute atomic E-state index is 10.8. The van der Waals surface area contributed by atoms with Crippen LogP contribution in [0.1, 0.15) is 19.4 Å². The summed E-state index contributed by atoms with van der Waals surface area (Å²) in [6, 6.07) is 8.16. The summed E-state index contributed by atoms with van der Waals surface area (Å²) in [5, 5.41) is 0. The van der Waals surface area contributed by atoms with Gasteiger partial charge in [-0.3, -0.25) is 4.79 Å². The number of aldehydes is 1. The molecule has 0 saturated heterocycles. The third kappa shape index (κ3) is 3.23. The van der Waals surface area contributed by atoms with Crippen molar-refractivity contribution in [1.29, 1.82) is 0 Å². The monoisotopic (exact) mass is 217 g/mol. The van der Waals surface area contributed by atoms with Crippen LogP contribution in [-0.2, 0) is 4.79 Å². The summed E-state index contributed by atoms with van der Waals surface area (Å²) in [5.74, 6) is 0.269. The van der Waals surface area contributed by atoms with Gasteiger partial charge in [-0.05, 0) is 35.3 Å². The summed E-state index contributed by atoms with van der Waals surface area (Å²) < 4.78 is 0. The van der Waals surface area contributed by atoms with Gasteiger partial charge in [-0.2, -0.15) is 0 Å². The fraction of sp³-hybridized carbons (Fsp3) is 0.357. The van der Waals surface area contributed by atoms with Gasteiger partial charge >= 0.3 is 0 Å². The molecule has 1 rings (SSSR count). The minimum atomic E-state index is 0.269. The van der Waals surface area contributed by atoms with Gasteiger partial charge in [0.2, 0.25) is 0 Å². The number of allylic oxidation sites excluding steroid dienone is 1. The Morgan fingerprint density at radius 3 is 2.12 bits per heavy atom. The lowest BCUT2D eigenvalue weighted by atomic mass is 10.0. The number of benzene rings is 1. The van der Waals surface area contributed by atoms with Crippen LogP contribution in [0.4, 0.5) is 5.69 Å². The fourth-order valence-corrected chi connectivity index (χ4v) is 1.40. The van der Waals surface area contributed by atoms with E-state index < -0.39 is 0 Å². The van der Waals surface area contributed by atoms with E-state index in [0.29, 0.717) is 0 Å². The first-order chi connectivity index (χ1) is 7.54. The first kappa shape index (κ1) is 12.5. The molecular weight excluding hydrogens is 198 g/mol. The molecular formula is C14H19NO. The molecule has 2 heteroatoms. The van der Waals surface area contributed by atoms with Crippen LogP contribution in [0.25, 0.3) is 6.08 Å². The van der Waals surface area contributed by atoms with E-state index in [1.807, 2.05) is 46.2 Å². The van der Waals surface area contributed by atoms with E-state index in [1.54, 1.807) is 0 Å². The topological polar surface area (TPSA) is 20.3 Å². The highest BCUT2D eigenvalue weighted by Gasteiger charge is 2.01. The van der Waals surface area contributed by atoms with Crippen LogP contribution < -0.4 is 4.90 Å². The minimum Gasteiger partial charge on any atom is -0.378 e. The van der Waals surface area contributed by atoms with Gasteiger partial charge in [0.25, 0.3) is 0 Å². The molecule has 0 unspecified atom stereocenters. The summed E-state index contributed by atoms with van der Waals surface area (Å²) in [7, 11) is 4.02. The number of hydrogen-bond acceptors (Lipinski definition) is 2. The summed E-state index contributed by atoms with van der Waals surface area (Å²) in [4.78, 5) is 12.9. The zero-order valence-corrected chi connectivity index (χ0v) is 10.4. The van der Waals surface area contributed by atoms with Gasteiger partial charge in [-0.15, -0.1) is 0 Å². The van der Waals surface area contributed by atoms with Gasteiger partial charge in [0.15, 0.2) is 0 Å². The molecule has 0 spiro atoms. The van der Waals surface area contributed by atoms with Gasteiger partial charge in [0, 0.05) is 19.8 Å². The molecule has 0 heterocycles. The minimum absolute atomic E-state index is 0.269. The van der Waals surface area contributed by atoms with E-state index in [1.165, 1.54) is 0 Å². The van der Waals surface area contributed by atoms with Crippen LogP contribution in [0.2, 0.25) is 0 Å². The van der Waals surface area contributed by atoms with E-state index in [9.17, 15) is 4.79 Å². The number of anilines is 1. The highest BCUT2D eigenvalue weighted by atomic mass is 16.1. The molecule has 0 aliphatic rings. The molecule has 0 N–H and O–H groups in total. The molecule has 0 saturated carbocycles. The number of carbonyl (C=O) groups excluding carboxylic acids is 1. The van der Waals surface area contributed by atoms with Crippen LogP contribution >= 0.6 is 0 Å². The predicted octanol–water partition coefficient (Wildman–Crippen LogP) is 2.99. The molecule has 0 aliphatic heterocycles. The molecule has 0 aliphatic carbocycles. The van der Waals surface area contributed by atoms with Crippen molar-refractivity contribution in [3.05, 3.63) is 35.4 Å². The second-order valence-electron chi connectivity index (χ2n) is 4.40. The number of nitrogens with zero attached hydrogens (tertiary/aromatic N) is 1. The highest BCUT2D eigenvalue weighted by Crippen LogP contribution is 2.16. The molecule has 0 amide bonds. The van der Waals surface area contributed by atoms with Crippen molar-refractivity contribution in [3.8, 4) is 0 Å². The molecule has 0 aromatic heterocycles. The zero-order chi connectivity index (χ0) is 12.1. The molecule has 0 radical (unpaired) electrons. The molecule has 2 nitrogen and oxygen atoms in total. The molecule has 16 heavy (non-hydrogen) atoms. The first-order valence-electron chi connectivity index (χ1n) is 5.48. The van der Waals surface area contributed by atoms with Crippen LogP contribution in [-0.4, -0.2) is 20.4 Å². The maximum atomic E-state index is 10.8. The van der Waals surface area contributed by atoms with E-state index in [0.717, 1.165) is 23.1 Å². The lowest BCUT2D eigenvalue weighted by Crippen LogP contribution is -2.07. The SMILES string of the molecule is CC(C)C(C=O)=Cc1ccc(N(C)C)cc1. The summed E-state index contributed by atoms with van der Waals surface area (Å²) in [6.07, 6.45) is 2.88. The molecule has 1 aromatic carbocycles. The van der Waals surface area contributed by atoms with E-state index >= 15 is 0 Å². The van der Waals surface area contributed by atoms with Crippen LogP contribution in [0, 0.1) is 5.92 Å². The smallest absolute Gasteiger partial charge is 0.146 e. The predicted molar refractivity (Wildman–Crippen MR) is 69.6 cm³/mol. The van der Waals surface area contributed by atoms with Crippen molar-refractivity contribution < 1.29 is 4.79 Å². The van der Waals surface area contributed by atoms with Crippen molar-refractivity contribution in [2.75, 3.05) is 19.0 Å². The van der Waals surface area contributed by atoms with Crippen molar-refractivity contribution >= 4 is 18.0 Å². The summed E-state index contributed by atoms with van der Waals surface area (Å²) >= 11 is 0. The standard InChI is InChI=1S/C14H19NO/c1-11(2)13(10-16)9-12-5-7-14(8-6-12)15(3)4/h5-11H,1-4H3. The van der Waals surface area contributed by atoms with Crippen molar-refractivity contribution in [2.45, 2.75) is 13.8 Å². The Labute approximate surface area is 97.6 Å². The highest BCUT2D eigenvalue weighted by molar-refractivity contribution is 5.82. The quantitative estimate of drug-likeness (QED) is 0.571. The van der Waals surface area contributed by atoms with E-state index in [2.05, 4.69) is 17.0 Å². The molecule has 0 fully saturated rings. The number of rotatable bonds is 4. The zero-order valence-electron chi connectivity index (χ0n) is 10.4. The number of carbonyl (C=O) groups is 1. The maximum Gasteiger partial charge on any atom is 0.146 e.